The molecule has 0 spiro atoms. The number of hydrogen-bond acceptors (Lipinski definition) is 3. The minimum atomic E-state index is 0.696. The zero-order valence-electron chi connectivity index (χ0n) is 14.4. The molecule has 0 aromatic rings. The van der Waals surface area contributed by atoms with Gasteiger partial charge in [0.15, 0.2) is 0 Å². The first kappa shape index (κ1) is 15.8. The first-order valence-electron chi connectivity index (χ1n) is 9.34. The van der Waals surface area contributed by atoms with Gasteiger partial charge in [-0.25, -0.2) is 0 Å². The van der Waals surface area contributed by atoms with Crippen molar-refractivity contribution in [2.24, 2.45) is 11.8 Å². The number of hydrogen-bond donors (Lipinski definition) is 1. The molecule has 1 aliphatic heterocycles. The van der Waals surface area contributed by atoms with Gasteiger partial charge in [-0.1, -0.05) is 26.7 Å². The van der Waals surface area contributed by atoms with Gasteiger partial charge in [-0.2, -0.15) is 0 Å². The molecule has 2 aliphatic carbocycles. The van der Waals surface area contributed by atoms with Crippen molar-refractivity contribution in [2.75, 3.05) is 33.2 Å². The van der Waals surface area contributed by atoms with Gasteiger partial charge in [-0.05, 0) is 44.6 Å². The molecule has 0 aromatic carbocycles. The highest BCUT2D eigenvalue weighted by atomic mass is 15.3. The van der Waals surface area contributed by atoms with E-state index in [2.05, 4.69) is 36.0 Å². The molecule has 4 unspecified atom stereocenters. The molecular formula is C18H35N3. The second kappa shape index (κ2) is 6.97. The van der Waals surface area contributed by atoms with Crippen molar-refractivity contribution in [3.63, 3.8) is 0 Å². The molecule has 0 aromatic heterocycles. The van der Waals surface area contributed by atoms with Gasteiger partial charge in [0.1, 0.15) is 0 Å². The van der Waals surface area contributed by atoms with Gasteiger partial charge in [0.05, 0.1) is 0 Å². The highest BCUT2D eigenvalue weighted by Crippen LogP contribution is 2.33. The Morgan fingerprint density at radius 1 is 0.857 bits per heavy atom. The molecule has 1 heterocycles. The van der Waals surface area contributed by atoms with Gasteiger partial charge in [-0.15, -0.1) is 0 Å². The van der Waals surface area contributed by atoms with Crippen molar-refractivity contribution in [1.82, 2.24) is 15.1 Å². The van der Waals surface area contributed by atoms with Crippen LogP contribution in [0.3, 0.4) is 0 Å². The third-order valence-electron chi connectivity index (χ3n) is 6.41. The van der Waals surface area contributed by atoms with Gasteiger partial charge in [0.2, 0.25) is 0 Å². The van der Waals surface area contributed by atoms with E-state index in [1.807, 2.05) is 0 Å². The minimum Gasteiger partial charge on any atom is -0.315 e. The van der Waals surface area contributed by atoms with Crippen LogP contribution in [0.5, 0.6) is 0 Å². The molecular weight excluding hydrogens is 258 g/mol. The van der Waals surface area contributed by atoms with Crippen LogP contribution in [0.2, 0.25) is 0 Å². The normalized spacial score (nSPS) is 40.7. The van der Waals surface area contributed by atoms with Crippen LogP contribution in [0.1, 0.15) is 52.4 Å². The van der Waals surface area contributed by atoms with Crippen molar-refractivity contribution in [2.45, 2.75) is 70.5 Å². The van der Waals surface area contributed by atoms with Crippen LogP contribution in [0.15, 0.2) is 0 Å². The molecule has 122 valence electrons. The van der Waals surface area contributed by atoms with Crippen LogP contribution in [0, 0.1) is 11.8 Å². The van der Waals surface area contributed by atoms with E-state index < -0.39 is 0 Å². The molecule has 0 radical (unpaired) electrons. The number of likely N-dealkylation sites (N-methyl/N-ethyl adjacent to an activating group) is 1. The van der Waals surface area contributed by atoms with E-state index in [0.29, 0.717) is 6.04 Å². The Balaban J connectivity index is 1.57. The number of nitrogens with zero attached hydrogens (tertiary/aromatic N) is 2. The molecule has 3 rings (SSSR count). The maximum atomic E-state index is 3.62. The fraction of sp³-hybridized carbons (Fsp3) is 1.00. The Labute approximate surface area is 131 Å². The summed E-state index contributed by atoms with van der Waals surface area (Å²) in [5.41, 5.74) is 0. The summed E-state index contributed by atoms with van der Waals surface area (Å²) in [7, 11) is 2.16. The highest BCUT2D eigenvalue weighted by Gasteiger charge is 2.38. The number of rotatable bonds is 3. The lowest BCUT2D eigenvalue weighted by molar-refractivity contribution is 0.0146. The van der Waals surface area contributed by atoms with Crippen molar-refractivity contribution >= 4 is 0 Å². The average molecular weight is 293 g/mol. The predicted octanol–water partition coefficient (Wildman–Crippen LogP) is 2.57. The molecule has 21 heavy (non-hydrogen) atoms. The summed E-state index contributed by atoms with van der Waals surface area (Å²) in [6, 6.07) is 2.37. The average Bonchev–Trinajstić information content (AvgIpc) is 3.01. The van der Waals surface area contributed by atoms with Crippen LogP contribution in [0.4, 0.5) is 0 Å². The molecule has 3 nitrogen and oxygen atoms in total. The Morgan fingerprint density at radius 2 is 1.48 bits per heavy atom. The number of nitrogens with one attached hydrogen (secondary N) is 1. The smallest absolute Gasteiger partial charge is 0.0276 e. The summed E-state index contributed by atoms with van der Waals surface area (Å²) < 4.78 is 0. The highest BCUT2D eigenvalue weighted by molar-refractivity contribution is 4.95. The first-order chi connectivity index (χ1) is 10.2. The van der Waals surface area contributed by atoms with Crippen LogP contribution in [0.25, 0.3) is 0 Å². The van der Waals surface area contributed by atoms with Crippen molar-refractivity contribution in [1.29, 1.82) is 0 Å². The summed E-state index contributed by atoms with van der Waals surface area (Å²) in [5, 5.41) is 3.62. The van der Waals surface area contributed by atoms with Crippen LogP contribution in [-0.2, 0) is 0 Å². The lowest BCUT2D eigenvalue weighted by Gasteiger charge is -2.49. The lowest BCUT2D eigenvalue weighted by Crippen LogP contribution is -2.61. The quantitative estimate of drug-likeness (QED) is 0.863. The van der Waals surface area contributed by atoms with Crippen LogP contribution >= 0.6 is 0 Å². The molecule has 3 aliphatic rings. The predicted molar refractivity (Wildman–Crippen MR) is 89.6 cm³/mol. The zero-order valence-corrected chi connectivity index (χ0v) is 14.4. The molecule has 0 bridgehead atoms. The van der Waals surface area contributed by atoms with Gasteiger partial charge in [-0.3, -0.25) is 9.80 Å². The Hall–Kier alpha value is -0.120. The van der Waals surface area contributed by atoms with Gasteiger partial charge < -0.3 is 5.32 Å². The monoisotopic (exact) mass is 293 g/mol. The third kappa shape index (κ3) is 3.46. The molecule has 4 atom stereocenters. The molecule has 0 amide bonds. The van der Waals surface area contributed by atoms with E-state index in [1.165, 1.54) is 64.7 Å². The van der Waals surface area contributed by atoms with Gasteiger partial charge in [0, 0.05) is 44.3 Å². The maximum Gasteiger partial charge on any atom is 0.0276 e. The molecule has 1 saturated heterocycles. The second-order valence-electron chi connectivity index (χ2n) is 7.95. The Bertz CT molecular complexity index is 318. The van der Waals surface area contributed by atoms with E-state index in [1.54, 1.807) is 0 Å². The molecule has 2 saturated carbocycles. The largest absolute Gasteiger partial charge is 0.315 e. The van der Waals surface area contributed by atoms with Crippen molar-refractivity contribution < 1.29 is 0 Å². The summed E-state index contributed by atoms with van der Waals surface area (Å²) in [5.74, 6) is 1.72. The van der Waals surface area contributed by atoms with Crippen LogP contribution in [-0.4, -0.2) is 61.2 Å². The SMILES string of the molecule is CNC1CC(C)CC(C)C1N1CCN(C2CCCC2)CC1. The Kier molecular flexibility index (Phi) is 5.23. The Morgan fingerprint density at radius 3 is 2.10 bits per heavy atom. The summed E-state index contributed by atoms with van der Waals surface area (Å²) in [6.07, 6.45) is 8.60. The second-order valence-corrected chi connectivity index (χ2v) is 7.95. The fourth-order valence-electron chi connectivity index (χ4n) is 5.41. The summed E-state index contributed by atoms with van der Waals surface area (Å²) in [6.45, 7) is 10.1. The standard InChI is InChI=1S/C18H35N3/c1-14-12-15(2)18(17(13-14)19-3)21-10-8-20(9-11-21)16-6-4-5-7-16/h14-19H,4-13H2,1-3H3. The van der Waals surface area contributed by atoms with E-state index in [0.717, 1.165) is 23.9 Å². The van der Waals surface area contributed by atoms with Gasteiger partial charge in [0.25, 0.3) is 0 Å². The zero-order chi connectivity index (χ0) is 14.8. The fourth-order valence-corrected chi connectivity index (χ4v) is 5.41. The minimum absolute atomic E-state index is 0.696. The van der Waals surface area contributed by atoms with E-state index in [4.69, 9.17) is 0 Å². The van der Waals surface area contributed by atoms with Crippen LogP contribution < -0.4 is 5.32 Å². The van der Waals surface area contributed by atoms with E-state index in [9.17, 15) is 0 Å². The van der Waals surface area contributed by atoms with Crippen molar-refractivity contribution in [3.05, 3.63) is 0 Å². The lowest BCUT2D eigenvalue weighted by atomic mass is 9.75. The molecule has 3 heteroatoms. The third-order valence-corrected chi connectivity index (χ3v) is 6.41. The summed E-state index contributed by atoms with van der Waals surface area (Å²) >= 11 is 0. The molecule has 1 N–H and O–H groups in total. The molecule has 3 fully saturated rings. The van der Waals surface area contributed by atoms with Crippen molar-refractivity contribution in [3.8, 4) is 0 Å². The topological polar surface area (TPSA) is 18.5 Å². The maximum absolute atomic E-state index is 3.62. The van der Waals surface area contributed by atoms with E-state index >= 15 is 0 Å². The number of piperazine rings is 1. The first-order valence-corrected chi connectivity index (χ1v) is 9.34. The summed E-state index contributed by atoms with van der Waals surface area (Å²) in [4.78, 5) is 5.59. The van der Waals surface area contributed by atoms with Gasteiger partial charge >= 0.3 is 0 Å². The van der Waals surface area contributed by atoms with E-state index in [-0.39, 0.29) is 0 Å².